The SMILES string of the molecule is CC.O=C(NCCCc1ccc(-c2ccccc2F)cc1)c1cccnc1. The fraction of sp³-hybridized carbons (Fsp3) is 0.217. The molecule has 1 heterocycles. The molecular weight excluding hydrogens is 339 g/mol. The van der Waals surface area contributed by atoms with Crippen LogP contribution in [0.15, 0.2) is 73.1 Å². The predicted octanol–water partition coefficient (Wildman–Crippen LogP) is 5.28. The lowest BCUT2D eigenvalue weighted by Gasteiger charge is -2.07. The molecule has 3 nitrogen and oxygen atoms in total. The molecule has 0 aliphatic heterocycles. The molecule has 0 bridgehead atoms. The normalized spacial score (nSPS) is 9.89. The summed E-state index contributed by atoms with van der Waals surface area (Å²) in [6.45, 7) is 4.60. The van der Waals surface area contributed by atoms with Gasteiger partial charge < -0.3 is 5.32 Å². The summed E-state index contributed by atoms with van der Waals surface area (Å²) in [6, 6.07) is 18.1. The van der Waals surface area contributed by atoms with Gasteiger partial charge >= 0.3 is 0 Å². The van der Waals surface area contributed by atoms with E-state index in [0.717, 1.165) is 24.0 Å². The number of carbonyl (C=O) groups excluding carboxylic acids is 1. The number of hydrogen-bond acceptors (Lipinski definition) is 2. The topological polar surface area (TPSA) is 42.0 Å². The molecule has 3 rings (SSSR count). The Balaban J connectivity index is 0.00000126. The Morgan fingerprint density at radius 2 is 1.74 bits per heavy atom. The van der Waals surface area contributed by atoms with Crippen molar-refractivity contribution in [2.75, 3.05) is 6.54 Å². The first-order valence-corrected chi connectivity index (χ1v) is 9.26. The zero-order valence-electron chi connectivity index (χ0n) is 15.8. The van der Waals surface area contributed by atoms with Crippen LogP contribution in [0.2, 0.25) is 0 Å². The van der Waals surface area contributed by atoms with Gasteiger partial charge in [-0.1, -0.05) is 56.3 Å². The Kier molecular flexibility index (Phi) is 8.17. The Hall–Kier alpha value is -3.01. The van der Waals surface area contributed by atoms with Crippen LogP contribution in [0, 0.1) is 5.82 Å². The molecule has 0 spiro atoms. The number of rotatable bonds is 6. The fourth-order valence-corrected chi connectivity index (χ4v) is 2.64. The van der Waals surface area contributed by atoms with E-state index in [4.69, 9.17) is 0 Å². The van der Waals surface area contributed by atoms with Crippen molar-refractivity contribution in [2.24, 2.45) is 0 Å². The van der Waals surface area contributed by atoms with Gasteiger partial charge in [0.05, 0.1) is 5.56 Å². The number of nitrogens with one attached hydrogen (secondary N) is 1. The molecule has 2 aromatic carbocycles. The lowest BCUT2D eigenvalue weighted by Crippen LogP contribution is -2.24. The van der Waals surface area contributed by atoms with Crippen LogP contribution < -0.4 is 5.32 Å². The second-order valence-electron chi connectivity index (χ2n) is 5.78. The Labute approximate surface area is 160 Å². The van der Waals surface area contributed by atoms with Crippen LogP contribution in [0.1, 0.15) is 36.2 Å². The molecule has 0 saturated heterocycles. The summed E-state index contributed by atoms with van der Waals surface area (Å²) in [7, 11) is 0. The molecule has 1 aromatic heterocycles. The monoisotopic (exact) mass is 364 g/mol. The zero-order valence-corrected chi connectivity index (χ0v) is 15.8. The molecule has 0 aliphatic carbocycles. The lowest BCUT2D eigenvalue weighted by atomic mass is 10.0. The van der Waals surface area contributed by atoms with Gasteiger partial charge in [0.1, 0.15) is 5.82 Å². The molecule has 27 heavy (non-hydrogen) atoms. The number of nitrogens with zero attached hydrogens (tertiary/aromatic N) is 1. The van der Waals surface area contributed by atoms with Crippen molar-refractivity contribution in [3.8, 4) is 11.1 Å². The van der Waals surface area contributed by atoms with E-state index in [-0.39, 0.29) is 11.7 Å². The van der Waals surface area contributed by atoms with Crippen LogP contribution in [-0.2, 0) is 6.42 Å². The van der Waals surface area contributed by atoms with Gasteiger partial charge in [-0.2, -0.15) is 0 Å². The van der Waals surface area contributed by atoms with E-state index in [9.17, 15) is 9.18 Å². The highest BCUT2D eigenvalue weighted by Gasteiger charge is 2.05. The molecule has 0 fully saturated rings. The molecule has 0 atom stereocenters. The third kappa shape index (κ3) is 6.03. The fourth-order valence-electron chi connectivity index (χ4n) is 2.64. The number of pyridine rings is 1. The molecule has 3 aromatic rings. The van der Waals surface area contributed by atoms with E-state index < -0.39 is 0 Å². The van der Waals surface area contributed by atoms with Crippen molar-refractivity contribution in [1.82, 2.24) is 10.3 Å². The van der Waals surface area contributed by atoms with Crippen LogP contribution in [0.25, 0.3) is 11.1 Å². The zero-order chi connectivity index (χ0) is 19.5. The largest absolute Gasteiger partial charge is 0.352 e. The molecule has 1 N–H and O–H groups in total. The number of hydrogen-bond donors (Lipinski definition) is 1. The van der Waals surface area contributed by atoms with E-state index in [1.54, 1.807) is 36.7 Å². The minimum Gasteiger partial charge on any atom is -0.352 e. The number of aryl methyl sites for hydroxylation is 1. The van der Waals surface area contributed by atoms with E-state index in [1.165, 1.54) is 6.07 Å². The first-order chi connectivity index (χ1) is 13.2. The molecular formula is C23H25FN2O. The smallest absolute Gasteiger partial charge is 0.252 e. The molecule has 140 valence electrons. The maximum Gasteiger partial charge on any atom is 0.252 e. The minimum absolute atomic E-state index is 0.108. The van der Waals surface area contributed by atoms with Gasteiger partial charge in [-0.05, 0) is 42.2 Å². The highest BCUT2D eigenvalue weighted by molar-refractivity contribution is 5.93. The van der Waals surface area contributed by atoms with Gasteiger partial charge in [0.2, 0.25) is 0 Å². The van der Waals surface area contributed by atoms with Gasteiger partial charge in [-0.3, -0.25) is 9.78 Å². The summed E-state index contributed by atoms with van der Waals surface area (Å²) in [5.41, 5.74) is 3.21. The van der Waals surface area contributed by atoms with E-state index in [2.05, 4.69) is 10.3 Å². The van der Waals surface area contributed by atoms with Crippen LogP contribution in [0.3, 0.4) is 0 Å². The molecule has 0 aliphatic rings. The van der Waals surface area contributed by atoms with Gasteiger partial charge in [0, 0.05) is 24.5 Å². The van der Waals surface area contributed by atoms with Crippen molar-refractivity contribution in [3.63, 3.8) is 0 Å². The highest BCUT2D eigenvalue weighted by atomic mass is 19.1. The summed E-state index contributed by atoms with van der Waals surface area (Å²) >= 11 is 0. The van der Waals surface area contributed by atoms with Crippen molar-refractivity contribution < 1.29 is 9.18 Å². The molecule has 4 heteroatoms. The Morgan fingerprint density at radius 3 is 2.41 bits per heavy atom. The van der Waals surface area contributed by atoms with E-state index >= 15 is 0 Å². The Bertz CT molecular complexity index is 833. The highest BCUT2D eigenvalue weighted by Crippen LogP contribution is 2.22. The van der Waals surface area contributed by atoms with Crippen molar-refractivity contribution in [1.29, 1.82) is 0 Å². The van der Waals surface area contributed by atoms with Crippen LogP contribution in [-0.4, -0.2) is 17.4 Å². The standard InChI is InChI=1S/C21H19FN2O.C2H6/c22-20-8-2-1-7-19(20)17-11-9-16(10-12-17)5-3-14-24-21(25)18-6-4-13-23-15-18;1-2/h1-2,4,6-13,15H,3,5,14H2,(H,24,25);1-2H3. The summed E-state index contributed by atoms with van der Waals surface area (Å²) in [5.74, 6) is -0.323. The second-order valence-corrected chi connectivity index (χ2v) is 5.78. The average Bonchev–Trinajstić information content (AvgIpc) is 2.74. The number of benzene rings is 2. The van der Waals surface area contributed by atoms with Crippen LogP contribution >= 0.6 is 0 Å². The number of carbonyl (C=O) groups is 1. The lowest BCUT2D eigenvalue weighted by molar-refractivity contribution is 0.0953. The van der Waals surface area contributed by atoms with Gasteiger partial charge in [-0.15, -0.1) is 0 Å². The number of amides is 1. The first-order valence-electron chi connectivity index (χ1n) is 9.26. The van der Waals surface area contributed by atoms with Crippen molar-refractivity contribution in [2.45, 2.75) is 26.7 Å². The minimum atomic E-state index is -0.214. The van der Waals surface area contributed by atoms with Crippen LogP contribution in [0.4, 0.5) is 4.39 Å². The number of halogens is 1. The molecule has 0 unspecified atom stereocenters. The Morgan fingerprint density at radius 1 is 1.00 bits per heavy atom. The summed E-state index contributed by atoms with van der Waals surface area (Å²) in [6.07, 6.45) is 4.88. The quantitative estimate of drug-likeness (QED) is 0.605. The van der Waals surface area contributed by atoms with Crippen molar-refractivity contribution in [3.05, 3.63) is 90.0 Å². The first kappa shape index (κ1) is 20.3. The third-order valence-corrected chi connectivity index (χ3v) is 3.99. The van der Waals surface area contributed by atoms with E-state index in [1.807, 2.05) is 44.2 Å². The van der Waals surface area contributed by atoms with Gasteiger partial charge in [0.25, 0.3) is 5.91 Å². The second kappa shape index (κ2) is 10.9. The molecule has 0 radical (unpaired) electrons. The summed E-state index contributed by atoms with van der Waals surface area (Å²) in [5, 5.41) is 2.89. The summed E-state index contributed by atoms with van der Waals surface area (Å²) in [4.78, 5) is 15.8. The molecule has 1 amide bonds. The van der Waals surface area contributed by atoms with E-state index in [0.29, 0.717) is 17.7 Å². The molecule has 0 saturated carbocycles. The van der Waals surface area contributed by atoms with Gasteiger partial charge in [0.15, 0.2) is 0 Å². The number of aromatic nitrogens is 1. The maximum absolute atomic E-state index is 13.8. The predicted molar refractivity (Wildman–Crippen MR) is 108 cm³/mol. The average molecular weight is 364 g/mol. The third-order valence-electron chi connectivity index (χ3n) is 3.99. The maximum atomic E-state index is 13.8. The van der Waals surface area contributed by atoms with Gasteiger partial charge in [-0.25, -0.2) is 4.39 Å². The summed E-state index contributed by atoms with van der Waals surface area (Å²) < 4.78 is 13.8. The van der Waals surface area contributed by atoms with Crippen molar-refractivity contribution >= 4 is 5.91 Å². The van der Waals surface area contributed by atoms with Crippen LogP contribution in [0.5, 0.6) is 0 Å².